The molecule has 0 spiro atoms. The molecule has 18 heavy (non-hydrogen) atoms. The first-order chi connectivity index (χ1) is 8.63. The summed E-state index contributed by atoms with van der Waals surface area (Å²) in [5, 5.41) is 4.38. The number of nitrogens with zero attached hydrogens (tertiary/aromatic N) is 3. The summed E-state index contributed by atoms with van der Waals surface area (Å²) in [5.41, 5.74) is 2.57. The van der Waals surface area contributed by atoms with Crippen molar-refractivity contribution in [1.29, 1.82) is 0 Å². The average Bonchev–Trinajstić information content (AvgIpc) is 2.67. The van der Waals surface area contributed by atoms with E-state index in [1.54, 1.807) is 29.2 Å². The Kier molecular flexibility index (Phi) is 3.91. The van der Waals surface area contributed by atoms with E-state index >= 15 is 0 Å². The van der Waals surface area contributed by atoms with Crippen LogP contribution < -0.4 is 0 Å². The Morgan fingerprint density at radius 1 is 1.39 bits per heavy atom. The van der Waals surface area contributed by atoms with Crippen LogP contribution in [0.4, 0.5) is 0 Å². The molecule has 2 heterocycles. The molecule has 0 radical (unpaired) electrons. The molecule has 2 aromatic rings. The Morgan fingerprint density at radius 2 is 2.06 bits per heavy atom. The quantitative estimate of drug-likeness (QED) is 0.816. The number of carbonyl (C=O) groups is 1. The molecule has 0 aromatic carbocycles. The third-order valence-electron chi connectivity index (χ3n) is 2.83. The van der Waals surface area contributed by atoms with E-state index < -0.39 is 0 Å². The van der Waals surface area contributed by atoms with Crippen molar-refractivity contribution < 1.29 is 4.79 Å². The molecule has 0 fully saturated rings. The summed E-state index contributed by atoms with van der Waals surface area (Å²) in [6.07, 6.45) is 4.44. The van der Waals surface area contributed by atoms with Crippen molar-refractivity contribution in [2.45, 2.75) is 19.8 Å². The van der Waals surface area contributed by atoms with Crippen LogP contribution in [0.25, 0.3) is 0 Å². The molecule has 0 aliphatic rings. The number of Topliss-reactive ketones (excluding diaryl/α,β-unsaturated/α-hetero) is 1. The second-order valence-corrected chi connectivity index (χ2v) is 4.81. The van der Waals surface area contributed by atoms with Crippen LogP contribution in [0.3, 0.4) is 0 Å². The van der Waals surface area contributed by atoms with E-state index in [4.69, 9.17) is 0 Å². The fourth-order valence-electron chi connectivity index (χ4n) is 1.80. The lowest BCUT2D eigenvalue weighted by Gasteiger charge is -2.02. The summed E-state index contributed by atoms with van der Waals surface area (Å²) in [6, 6.07) is 3.46. The highest BCUT2D eigenvalue weighted by Crippen LogP contribution is 2.22. The van der Waals surface area contributed by atoms with Gasteiger partial charge in [-0.25, -0.2) is 0 Å². The number of hydrogen-bond acceptors (Lipinski definition) is 3. The number of halogens is 1. The molecule has 0 amide bonds. The highest BCUT2D eigenvalue weighted by atomic mass is 79.9. The first-order valence-electron chi connectivity index (χ1n) is 5.77. The third-order valence-corrected chi connectivity index (χ3v) is 3.75. The molecule has 0 saturated heterocycles. The maximum absolute atomic E-state index is 12.1. The minimum Gasteiger partial charge on any atom is -0.294 e. The zero-order valence-electron chi connectivity index (χ0n) is 10.4. The van der Waals surface area contributed by atoms with Crippen molar-refractivity contribution in [2.75, 3.05) is 0 Å². The predicted octanol–water partition coefficient (Wildman–Crippen LogP) is 2.57. The van der Waals surface area contributed by atoms with Crippen molar-refractivity contribution >= 4 is 21.7 Å². The van der Waals surface area contributed by atoms with Crippen molar-refractivity contribution in [2.24, 2.45) is 7.05 Å². The van der Waals surface area contributed by atoms with Gasteiger partial charge in [-0.3, -0.25) is 14.5 Å². The van der Waals surface area contributed by atoms with Gasteiger partial charge in [0.05, 0.1) is 22.3 Å². The second-order valence-electron chi connectivity index (χ2n) is 4.02. The van der Waals surface area contributed by atoms with Crippen molar-refractivity contribution in [1.82, 2.24) is 14.8 Å². The van der Waals surface area contributed by atoms with Gasteiger partial charge in [-0.05, 0) is 34.5 Å². The zero-order valence-corrected chi connectivity index (χ0v) is 11.9. The number of carbonyl (C=O) groups excluding carboxylic acids is 1. The van der Waals surface area contributed by atoms with Gasteiger partial charge in [-0.2, -0.15) is 5.10 Å². The molecule has 5 heteroatoms. The lowest BCUT2D eigenvalue weighted by molar-refractivity contribution is 0.0990. The molecular weight excluding hydrogens is 294 g/mol. The molecule has 0 unspecified atom stereocenters. The van der Waals surface area contributed by atoms with Crippen LogP contribution in [-0.2, 0) is 19.9 Å². The minimum absolute atomic E-state index is 0.0729. The summed E-state index contributed by atoms with van der Waals surface area (Å²) >= 11 is 3.52. The number of aromatic nitrogens is 3. The van der Waals surface area contributed by atoms with Crippen LogP contribution in [0, 0.1) is 0 Å². The lowest BCUT2D eigenvalue weighted by atomic mass is 10.1. The average molecular weight is 308 g/mol. The van der Waals surface area contributed by atoms with E-state index in [2.05, 4.69) is 26.0 Å². The normalized spacial score (nSPS) is 10.6. The first kappa shape index (κ1) is 13.0. The molecule has 0 bridgehead atoms. The maximum atomic E-state index is 12.1. The van der Waals surface area contributed by atoms with Crippen LogP contribution in [0.1, 0.15) is 28.7 Å². The number of aryl methyl sites for hydroxylation is 2. The third kappa shape index (κ3) is 2.51. The van der Waals surface area contributed by atoms with Gasteiger partial charge in [0.15, 0.2) is 5.78 Å². The van der Waals surface area contributed by atoms with Gasteiger partial charge in [0.25, 0.3) is 0 Å². The summed E-state index contributed by atoms with van der Waals surface area (Å²) < 4.78 is 2.71. The van der Waals surface area contributed by atoms with Crippen LogP contribution in [0.5, 0.6) is 0 Å². The summed E-state index contributed by atoms with van der Waals surface area (Å²) in [7, 11) is 1.86. The summed E-state index contributed by atoms with van der Waals surface area (Å²) in [5.74, 6) is 0.0729. The standard InChI is InChI=1S/C13H14BrN3O/c1-3-10-13(14)11(17(2)16-10)8-12(18)9-4-6-15-7-5-9/h4-7H,3,8H2,1-2H3. The van der Waals surface area contributed by atoms with E-state index in [1.165, 1.54) is 0 Å². The van der Waals surface area contributed by atoms with E-state index in [0.29, 0.717) is 12.0 Å². The van der Waals surface area contributed by atoms with Crippen LogP contribution >= 0.6 is 15.9 Å². The SMILES string of the molecule is CCc1nn(C)c(CC(=O)c2ccncc2)c1Br. The van der Waals surface area contributed by atoms with Crippen molar-refractivity contribution in [3.63, 3.8) is 0 Å². The molecule has 2 rings (SSSR count). The molecule has 2 aromatic heterocycles. The predicted molar refractivity (Wildman–Crippen MR) is 72.6 cm³/mol. The number of pyridine rings is 1. The Morgan fingerprint density at radius 3 is 2.61 bits per heavy atom. The first-order valence-corrected chi connectivity index (χ1v) is 6.56. The highest BCUT2D eigenvalue weighted by Gasteiger charge is 2.16. The number of rotatable bonds is 4. The molecular formula is C13H14BrN3O. The molecule has 0 atom stereocenters. The molecule has 94 valence electrons. The van der Waals surface area contributed by atoms with Crippen LogP contribution in [0.2, 0.25) is 0 Å². The van der Waals surface area contributed by atoms with Gasteiger partial charge >= 0.3 is 0 Å². The fraction of sp³-hybridized carbons (Fsp3) is 0.308. The van der Waals surface area contributed by atoms with Gasteiger partial charge in [0.1, 0.15) is 0 Å². The molecule has 0 aliphatic heterocycles. The summed E-state index contributed by atoms with van der Waals surface area (Å²) in [6.45, 7) is 2.04. The van der Waals surface area contributed by atoms with Crippen molar-refractivity contribution in [3.8, 4) is 0 Å². The zero-order chi connectivity index (χ0) is 13.1. The van der Waals surface area contributed by atoms with E-state index in [9.17, 15) is 4.79 Å². The second kappa shape index (κ2) is 5.44. The van der Waals surface area contributed by atoms with Gasteiger partial charge in [-0.1, -0.05) is 6.92 Å². The van der Waals surface area contributed by atoms with Crippen LogP contribution in [0.15, 0.2) is 29.0 Å². The Bertz CT molecular complexity index is 563. The van der Waals surface area contributed by atoms with E-state index in [0.717, 1.165) is 22.3 Å². The maximum Gasteiger partial charge on any atom is 0.168 e. The van der Waals surface area contributed by atoms with Gasteiger partial charge in [0.2, 0.25) is 0 Å². The molecule has 0 N–H and O–H groups in total. The largest absolute Gasteiger partial charge is 0.294 e. The van der Waals surface area contributed by atoms with E-state index in [-0.39, 0.29) is 5.78 Å². The van der Waals surface area contributed by atoms with Crippen molar-refractivity contribution in [3.05, 3.63) is 46.0 Å². The van der Waals surface area contributed by atoms with Gasteiger partial charge in [-0.15, -0.1) is 0 Å². The summed E-state index contributed by atoms with van der Waals surface area (Å²) in [4.78, 5) is 16.0. The molecule has 0 saturated carbocycles. The monoisotopic (exact) mass is 307 g/mol. The Labute approximate surface area is 114 Å². The number of ketones is 1. The van der Waals surface area contributed by atoms with E-state index in [1.807, 2.05) is 14.0 Å². The molecule has 4 nitrogen and oxygen atoms in total. The lowest BCUT2D eigenvalue weighted by Crippen LogP contribution is -2.08. The van der Waals surface area contributed by atoms with Gasteiger partial charge < -0.3 is 0 Å². The van der Waals surface area contributed by atoms with Gasteiger partial charge in [0, 0.05) is 25.0 Å². The molecule has 0 aliphatic carbocycles. The Balaban J connectivity index is 2.25. The Hall–Kier alpha value is -1.49. The fourth-order valence-corrected chi connectivity index (χ4v) is 2.56. The topological polar surface area (TPSA) is 47.8 Å². The minimum atomic E-state index is 0.0729. The number of hydrogen-bond donors (Lipinski definition) is 0. The van der Waals surface area contributed by atoms with Crippen LogP contribution in [-0.4, -0.2) is 20.5 Å². The highest BCUT2D eigenvalue weighted by molar-refractivity contribution is 9.10. The smallest absolute Gasteiger partial charge is 0.168 e.